The molecule has 0 aliphatic heterocycles. The van der Waals surface area contributed by atoms with Gasteiger partial charge < -0.3 is 5.11 Å². The topological polar surface area (TPSA) is 71.2 Å². The molecule has 0 unspecified atom stereocenters. The molecule has 1 aromatic rings. The maximum Gasteiger partial charge on any atom is 0.323 e. The zero-order valence-corrected chi connectivity index (χ0v) is 12.4. The lowest BCUT2D eigenvalue weighted by Crippen LogP contribution is -2.49. The predicted molar refractivity (Wildman–Crippen MR) is 72.7 cm³/mol. The molecule has 0 fully saturated rings. The largest absolute Gasteiger partial charge is 0.480 e. The summed E-state index contributed by atoms with van der Waals surface area (Å²) in [5, 5.41) is 13.5. The van der Waals surface area contributed by atoms with Crippen molar-refractivity contribution in [1.82, 2.24) is 19.7 Å². The fourth-order valence-corrected chi connectivity index (χ4v) is 1.92. The van der Waals surface area contributed by atoms with Gasteiger partial charge in [-0.25, -0.2) is 9.67 Å². The SMILES string of the molecule is CCN(Cc1ncnn1CC(C)C)C(C)(C)C(=O)O. The molecule has 0 aliphatic carbocycles. The van der Waals surface area contributed by atoms with Crippen molar-refractivity contribution in [2.45, 2.75) is 53.2 Å². The predicted octanol–water partition coefficient (Wildman–Crippen LogP) is 1.62. The number of rotatable bonds is 7. The highest BCUT2D eigenvalue weighted by Crippen LogP contribution is 2.17. The molecule has 0 saturated carbocycles. The maximum absolute atomic E-state index is 11.3. The van der Waals surface area contributed by atoms with E-state index in [4.69, 9.17) is 0 Å². The molecule has 0 aliphatic rings. The van der Waals surface area contributed by atoms with Crippen LogP contribution in [-0.4, -0.2) is 42.8 Å². The summed E-state index contributed by atoms with van der Waals surface area (Å²) in [7, 11) is 0. The van der Waals surface area contributed by atoms with Gasteiger partial charge in [0.25, 0.3) is 0 Å². The standard InChI is InChI=1S/C13H24N4O2/c1-6-16(13(4,5)12(18)19)8-11-14-9-15-17(11)7-10(2)3/h9-10H,6-8H2,1-5H3,(H,18,19). The summed E-state index contributed by atoms with van der Waals surface area (Å²) in [6.45, 7) is 11.5. The number of hydrogen-bond acceptors (Lipinski definition) is 4. The molecule has 0 aromatic carbocycles. The van der Waals surface area contributed by atoms with E-state index < -0.39 is 11.5 Å². The first kappa shape index (κ1) is 15.6. The summed E-state index contributed by atoms with van der Waals surface area (Å²) >= 11 is 0. The highest BCUT2D eigenvalue weighted by atomic mass is 16.4. The Morgan fingerprint density at radius 2 is 2.16 bits per heavy atom. The maximum atomic E-state index is 11.3. The van der Waals surface area contributed by atoms with Crippen LogP contribution in [0.2, 0.25) is 0 Å². The van der Waals surface area contributed by atoms with E-state index in [9.17, 15) is 9.90 Å². The molecule has 0 bridgehead atoms. The lowest BCUT2D eigenvalue weighted by Gasteiger charge is -2.33. The van der Waals surface area contributed by atoms with Gasteiger partial charge in [-0.1, -0.05) is 20.8 Å². The van der Waals surface area contributed by atoms with Crippen molar-refractivity contribution in [3.8, 4) is 0 Å². The van der Waals surface area contributed by atoms with Crippen LogP contribution in [0.15, 0.2) is 6.33 Å². The summed E-state index contributed by atoms with van der Waals surface area (Å²) in [6.07, 6.45) is 1.53. The Kier molecular flexibility index (Phi) is 5.05. The van der Waals surface area contributed by atoms with Gasteiger partial charge in [-0.15, -0.1) is 0 Å². The summed E-state index contributed by atoms with van der Waals surface area (Å²) in [5.74, 6) is 0.456. The van der Waals surface area contributed by atoms with Crippen LogP contribution in [0.1, 0.15) is 40.4 Å². The minimum atomic E-state index is -0.913. The van der Waals surface area contributed by atoms with Crippen LogP contribution in [0.3, 0.4) is 0 Å². The monoisotopic (exact) mass is 268 g/mol. The lowest BCUT2D eigenvalue weighted by molar-refractivity contribution is -0.149. The number of carboxylic acids is 1. The van der Waals surface area contributed by atoms with Gasteiger partial charge in [0.15, 0.2) is 0 Å². The number of hydrogen-bond donors (Lipinski definition) is 1. The Balaban J connectivity index is 2.88. The number of carbonyl (C=O) groups is 1. The number of aromatic nitrogens is 3. The zero-order chi connectivity index (χ0) is 14.6. The highest BCUT2D eigenvalue weighted by molar-refractivity contribution is 5.77. The fraction of sp³-hybridized carbons (Fsp3) is 0.769. The van der Waals surface area contributed by atoms with Crippen LogP contribution >= 0.6 is 0 Å². The fourth-order valence-electron chi connectivity index (χ4n) is 1.92. The van der Waals surface area contributed by atoms with Gasteiger partial charge in [0.05, 0.1) is 6.54 Å². The Morgan fingerprint density at radius 3 is 2.63 bits per heavy atom. The van der Waals surface area contributed by atoms with E-state index in [0.717, 1.165) is 12.4 Å². The minimum Gasteiger partial charge on any atom is -0.480 e. The minimum absolute atomic E-state index is 0.475. The van der Waals surface area contributed by atoms with Crippen LogP contribution in [0.5, 0.6) is 0 Å². The van der Waals surface area contributed by atoms with E-state index in [1.54, 1.807) is 13.8 Å². The normalized spacial score (nSPS) is 12.4. The van der Waals surface area contributed by atoms with E-state index in [2.05, 4.69) is 23.9 Å². The first-order valence-electron chi connectivity index (χ1n) is 6.64. The molecule has 0 amide bonds. The summed E-state index contributed by atoms with van der Waals surface area (Å²) < 4.78 is 1.85. The molecule has 1 rings (SSSR count). The molecular formula is C13H24N4O2. The number of carboxylic acid groups (broad SMARTS) is 1. The van der Waals surface area contributed by atoms with E-state index in [1.165, 1.54) is 6.33 Å². The summed E-state index contributed by atoms with van der Waals surface area (Å²) in [6, 6.07) is 0. The zero-order valence-electron chi connectivity index (χ0n) is 12.4. The van der Waals surface area contributed by atoms with Crippen molar-refractivity contribution in [3.05, 3.63) is 12.2 Å². The smallest absolute Gasteiger partial charge is 0.323 e. The van der Waals surface area contributed by atoms with Gasteiger partial charge >= 0.3 is 5.97 Å². The number of aliphatic carboxylic acids is 1. The van der Waals surface area contributed by atoms with Crippen molar-refractivity contribution >= 4 is 5.97 Å². The highest BCUT2D eigenvalue weighted by Gasteiger charge is 2.34. The molecule has 6 nitrogen and oxygen atoms in total. The second-order valence-electron chi connectivity index (χ2n) is 5.63. The quantitative estimate of drug-likeness (QED) is 0.813. The molecule has 1 heterocycles. The molecule has 1 aromatic heterocycles. The molecule has 0 radical (unpaired) electrons. The molecule has 1 N–H and O–H groups in total. The number of nitrogens with zero attached hydrogens (tertiary/aromatic N) is 4. The molecule has 108 valence electrons. The average molecular weight is 268 g/mol. The Labute approximate surface area is 114 Å². The van der Waals surface area contributed by atoms with Crippen molar-refractivity contribution < 1.29 is 9.90 Å². The summed E-state index contributed by atoms with van der Waals surface area (Å²) in [5.41, 5.74) is -0.913. The van der Waals surface area contributed by atoms with Crippen molar-refractivity contribution in [2.24, 2.45) is 5.92 Å². The molecule has 0 spiro atoms. The van der Waals surface area contributed by atoms with Crippen molar-refractivity contribution in [2.75, 3.05) is 6.54 Å². The third kappa shape index (κ3) is 3.76. The van der Waals surface area contributed by atoms with Gasteiger partial charge in [-0.05, 0) is 26.3 Å². The van der Waals surface area contributed by atoms with Crippen LogP contribution in [0.4, 0.5) is 0 Å². The van der Waals surface area contributed by atoms with Crippen LogP contribution in [-0.2, 0) is 17.9 Å². The molecular weight excluding hydrogens is 244 g/mol. The Bertz CT molecular complexity index is 426. The van der Waals surface area contributed by atoms with Crippen molar-refractivity contribution in [1.29, 1.82) is 0 Å². The van der Waals surface area contributed by atoms with Crippen LogP contribution < -0.4 is 0 Å². The van der Waals surface area contributed by atoms with E-state index >= 15 is 0 Å². The summed E-state index contributed by atoms with van der Waals surface area (Å²) in [4.78, 5) is 17.5. The Morgan fingerprint density at radius 1 is 1.53 bits per heavy atom. The van der Waals surface area contributed by atoms with Gasteiger partial charge in [-0.3, -0.25) is 9.69 Å². The van der Waals surface area contributed by atoms with Gasteiger partial charge in [0.1, 0.15) is 17.7 Å². The van der Waals surface area contributed by atoms with E-state index in [1.807, 2.05) is 16.5 Å². The first-order valence-corrected chi connectivity index (χ1v) is 6.64. The van der Waals surface area contributed by atoms with Gasteiger partial charge in [0, 0.05) is 6.54 Å². The third-order valence-corrected chi connectivity index (χ3v) is 3.26. The van der Waals surface area contributed by atoms with Gasteiger partial charge in [0.2, 0.25) is 0 Å². The van der Waals surface area contributed by atoms with E-state index in [-0.39, 0.29) is 0 Å². The second kappa shape index (κ2) is 6.14. The third-order valence-electron chi connectivity index (χ3n) is 3.26. The van der Waals surface area contributed by atoms with Gasteiger partial charge in [-0.2, -0.15) is 5.10 Å². The number of likely N-dealkylation sites (N-methyl/N-ethyl adjacent to an activating group) is 1. The van der Waals surface area contributed by atoms with Crippen LogP contribution in [0.25, 0.3) is 0 Å². The second-order valence-corrected chi connectivity index (χ2v) is 5.63. The lowest BCUT2D eigenvalue weighted by atomic mass is 10.0. The Hall–Kier alpha value is -1.43. The van der Waals surface area contributed by atoms with Crippen molar-refractivity contribution in [3.63, 3.8) is 0 Å². The molecule has 0 saturated heterocycles. The first-order chi connectivity index (χ1) is 8.78. The average Bonchev–Trinajstić information content (AvgIpc) is 2.71. The van der Waals surface area contributed by atoms with Crippen LogP contribution in [0, 0.1) is 5.92 Å². The molecule has 0 atom stereocenters. The molecule has 19 heavy (non-hydrogen) atoms. The van der Waals surface area contributed by atoms with E-state index in [0.29, 0.717) is 19.0 Å². The molecule has 6 heteroatoms.